The number of carbonyl (C=O) groups is 1. The molecule has 0 unspecified atom stereocenters. The van der Waals surface area contributed by atoms with Crippen LogP contribution in [0.4, 0.5) is 0 Å². The number of carbonyl (C=O) groups excluding carboxylic acids is 1. The van der Waals surface area contributed by atoms with Gasteiger partial charge in [-0.05, 0) is 48.3 Å². The van der Waals surface area contributed by atoms with Crippen molar-refractivity contribution in [1.29, 1.82) is 0 Å². The molecule has 0 saturated heterocycles. The maximum absolute atomic E-state index is 12.4. The molecule has 3 nitrogen and oxygen atoms in total. The van der Waals surface area contributed by atoms with Crippen LogP contribution in [0.15, 0.2) is 59.9 Å². The number of ether oxygens (including phenoxy) is 1. The van der Waals surface area contributed by atoms with Crippen LogP contribution in [0.2, 0.25) is 0 Å². The third kappa shape index (κ3) is 1.86. The van der Waals surface area contributed by atoms with E-state index in [1.165, 1.54) is 23.3 Å². The van der Waals surface area contributed by atoms with Crippen molar-refractivity contribution in [2.75, 3.05) is 0 Å². The number of hydrogen-bond donors (Lipinski definition) is 1. The number of hydrogen-bond acceptors (Lipinski definition) is 3. The highest BCUT2D eigenvalue weighted by Crippen LogP contribution is 2.38. The van der Waals surface area contributed by atoms with Crippen molar-refractivity contribution in [3.63, 3.8) is 0 Å². The van der Waals surface area contributed by atoms with Gasteiger partial charge in [0, 0.05) is 6.07 Å². The summed E-state index contributed by atoms with van der Waals surface area (Å²) in [6, 6.07) is 12.8. The first kappa shape index (κ1) is 12.9. The van der Waals surface area contributed by atoms with Gasteiger partial charge < -0.3 is 9.84 Å². The summed E-state index contributed by atoms with van der Waals surface area (Å²) in [6.07, 6.45) is 2.72. The maximum atomic E-state index is 12.4. The molecule has 0 spiro atoms. The van der Waals surface area contributed by atoms with Crippen LogP contribution in [0.3, 0.4) is 0 Å². The molecule has 0 saturated carbocycles. The van der Waals surface area contributed by atoms with Crippen molar-refractivity contribution >= 4 is 11.4 Å². The van der Waals surface area contributed by atoms with Gasteiger partial charge in [-0.1, -0.05) is 29.8 Å². The van der Waals surface area contributed by atoms with Gasteiger partial charge in [-0.2, -0.15) is 0 Å². The van der Waals surface area contributed by atoms with Crippen molar-refractivity contribution in [2.24, 2.45) is 0 Å². The van der Waals surface area contributed by atoms with Crippen molar-refractivity contribution in [1.82, 2.24) is 0 Å². The Bertz CT molecular complexity index is 872. The van der Waals surface area contributed by atoms with Crippen molar-refractivity contribution < 1.29 is 14.6 Å². The second-order valence-electron chi connectivity index (χ2n) is 5.65. The van der Waals surface area contributed by atoms with E-state index in [9.17, 15) is 9.90 Å². The number of rotatable bonds is 1. The fourth-order valence-corrected chi connectivity index (χ4v) is 3.06. The van der Waals surface area contributed by atoms with Gasteiger partial charge in [-0.25, -0.2) is 0 Å². The molecule has 0 amide bonds. The summed E-state index contributed by atoms with van der Waals surface area (Å²) in [6.45, 7) is 2.07. The van der Waals surface area contributed by atoms with E-state index in [0.717, 1.165) is 17.6 Å². The van der Waals surface area contributed by atoms with Crippen LogP contribution in [0.5, 0.6) is 11.5 Å². The molecule has 1 aliphatic carbocycles. The van der Waals surface area contributed by atoms with E-state index < -0.39 is 0 Å². The first-order valence-electron chi connectivity index (χ1n) is 7.19. The van der Waals surface area contributed by atoms with Gasteiger partial charge in [0.2, 0.25) is 5.78 Å². The molecule has 3 heteroatoms. The minimum Gasteiger partial charge on any atom is -0.508 e. The number of fused-ring (bicyclic) bond motifs is 2. The molecule has 108 valence electrons. The Labute approximate surface area is 128 Å². The lowest BCUT2D eigenvalue weighted by molar-refractivity contribution is 0.101. The van der Waals surface area contributed by atoms with Crippen LogP contribution in [0, 0.1) is 0 Å². The zero-order valence-electron chi connectivity index (χ0n) is 12.1. The lowest BCUT2D eigenvalue weighted by Crippen LogP contribution is -1.99. The van der Waals surface area contributed by atoms with Crippen LogP contribution in [0.1, 0.15) is 28.4 Å². The highest BCUT2D eigenvalue weighted by atomic mass is 16.5. The lowest BCUT2D eigenvalue weighted by atomic mass is 10.0. The lowest BCUT2D eigenvalue weighted by Gasteiger charge is -2.03. The Balaban J connectivity index is 1.77. The SMILES string of the molecule is CC1=C(/C=C2\Oc3cc(O)ccc3C2=O)c2ccccc2C1. The van der Waals surface area contributed by atoms with Gasteiger partial charge in [0.15, 0.2) is 5.76 Å². The summed E-state index contributed by atoms with van der Waals surface area (Å²) < 4.78 is 5.64. The highest BCUT2D eigenvalue weighted by Gasteiger charge is 2.29. The van der Waals surface area contributed by atoms with Crippen molar-refractivity contribution in [3.05, 3.63) is 76.6 Å². The Morgan fingerprint density at radius 1 is 1.14 bits per heavy atom. The average Bonchev–Trinajstić information content (AvgIpc) is 2.98. The zero-order valence-corrected chi connectivity index (χ0v) is 12.1. The summed E-state index contributed by atoms with van der Waals surface area (Å²) in [7, 11) is 0. The Kier molecular flexibility index (Phi) is 2.70. The first-order chi connectivity index (χ1) is 10.6. The van der Waals surface area contributed by atoms with Gasteiger partial charge in [0.1, 0.15) is 11.5 Å². The van der Waals surface area contributed by atoms with Crippen molar-refractivity contribution in [2.45, 2.75) is 13.3 Å². The summed E-state index contributed by atoms with van der Waals surface area (Å²) in [5.74, 6) is 0.682. The predicted molar refractivity (Wildman–Crippen MR) is 83.9 cm³/mol. The number of phenolic OH excluding ortho intramolecular Hbond substituents is 1. The van der Waals surface area contributed by atoms with Crippen LogP contribution in [-0.2, 0) is 6.42 Å². The molecule has 2 aromatic carbocycles. The Hall–Kier alpha value is -2.81. The number of allylic oxidation sites excluding steroid dienone is 4. The molecular weight excluding hydrogens is 276 g/mol. The van der Waals surface area contributed by atoms with Crippen molar-refractivity contribution in [3.8, 4) is 11.5 Å². The number of phenols is 1. The van der Waals surface area contributed by atoms with E-state index in [0.29, 0.717) is 17.1 Å². The predicted octanol–water partition coefficient (Wildman–Crippen LogP) is 3.88. The first-order valence-corrected chi connectivity index (χ1v) is 7.19. The number of Topliss-reactive ketones (excluding diaryl/α,β-unsaturated/α-hetero) is 1. The number of aromatic hydroxyl groups is 1. The minimum atomic E-state index is -0.139. The van der Waals surface area contributed by atoms with Gasteiger partial charge in [-0.15, -0.1) is 0 Å². The Morgan fingerprint density at radius 3 is 2.82 bits per heavy atom. The summed E-state index contributed by atoms with van der Waals surface area (Å²) in [5.41, 5.74) is 5.20. The van der Waals surface area contributed by atoms with Crippen LogP contribution >= 0.6 is 0 Å². The summed E-state index contributed by atoms with van der Waals surface area (Å²) in [5, 5.41) is 9.51. The van der Waals surface area contributed by atoms with Gasteiger partial charge >= 0.3 is 0 Å². The van der Waals surface area contributed by atoms with E-state index in [4.69, 9.17) is 4.74 Å². The van der Waals surface area contributed by atoms with Gasteiger partial charge in [-0.3, -0.25) is 4.79 Å². The quantitative estimate of drug-likeness (QED) is 0.811. The van der Waals surface area contributed by atoms with E-state index in [1.807, 2.05) is 18.2 Å². The monoisotopic (exact) mass is 290 g/mol. The Morgan fingerprint density at radius 2 is 1.95 bits per heavy atom. The summed E-state index contributed by atoms with van der Waals surface area (Å²) >= 11 is 0. The normalized spacial score (nSPS) is 17.7. The molecule has 2 aliphatic rings. The molecule has 0 atom stereocenters. The molecule has 1 aliphatic heterocycles. The molecule has 0 fully saturated rings. The third-order valence-corrected chi connectivity index (χ3v) is 4.15. The molecule has 0 radical (unpaired) electrons. The fraction of sp³-hybridized carbons (Fsp3) is 0.105. The van der Waals surface area contributed by atoms with Crippen LogP contribution < -0.4 is 4.74 Å². The molecular formula is C19H14O3. The number of benzene rings is 2. The molecule has 4 rings (SSSR count). The fourth-order valence-electron chi connectivity index (χ4n) is 3.06. The van der Waals surface area contributed by atoms with Gasteiger partial charge in [0.05, 0.1) is 5.56 Å². The summed E-state index contributed by atoms with van der Waals surface area (Å²) in [4.78, 5) is 12.4. The second-order valence-corrected chi connectivity index (χ2v) is 5.65. The molecule has 1 heterocycles. The zero-order chi connectivity index (χ0) is 15.3. The smallest absolute Gasteiger partial charge is 0.231 e. The van der Waals surface area contributed by atoms with E-state index in [2.05, 4.69) is 19.1 Å². The molecule has 1 N–H and O–H groups in total. The standard InChI is InChI=1S/C19H14O3/c1-11-8-12-4-2-3-5-14(12)16(11)10-18-19(21)15-7-6-13(20)9-17(15)22-18/h2-7,9-10,20H,8H2,1H3/b18-10-. The number of ketones is 1. The second kappa shape index (κ2) is 4.60. The average molecular weight is 290 g/mol. The van der Waals surface area contributed by atoms with E-state index >= 15 is 0 Å². The molecule has 22 heavy (non-hydrogen) atoms. The molecule has 0 bridgehead atoms. The topological polar surface area (TPSA) is 46.5 Å². The molecule has 0 aromatic heterocycles. The van der Waals surface area contributed by atoms with Gasteiger partial charge in [0.25, 0.3) is 0 Å². The van der Waals surface area contributed by atoms with E-state index in [-0.39, 0.29) is 11.5 Å². The minimum absolute atomic E-state index is 0.0920. The van der Waals surface area contributed by atoms with Crippen LogP contribution in [0.25, 0.3) is 5.57 Å². The van der Waals surface area contributed by atoms with Crippen LogP contribution in [-0.4, -0.2) is 10.9 Å². The largest absolute Gasteiger partial charge is 0.508 e. The highest BCUT2D eigenvalue weighted by molar-refractivity contribution is 6.13. The third-order valence-electron chi connectivity index (χ3n) is 4.15. The molecule has 2 aromatic rings. The maximum Gasteiger partial charge on any atom is 0.231 e. The van der Waals surface area contributed by atoms with E-state index in [1.54, 1.807) is 6.07 Å².